The Hall–Kier alpha value is -2.32. The van der Waals surface area contributed by atoms with E-state index in [4.69, 9.17) is 15.2 Å². The van der Waals surface area contributed by atoms with Gasteiger partial charge in [0, 0.05) is 6.07 Å². The summed E-state index contributed by atoms with van der Waals surface area (Å²) in [5.74, 6) is -0.0427. The van der Waals surface area contributed by atoms with Gasteiger partial charge in [-0.15, -0.1) is 0 Å². The first kappa shape index (κ1) is 21.4. The van der Waals surface area contributed by atoms with Gasteiger partial charge in [0.1, 0.15) is 12.4 Å². The first-order chi connectivity index (χ1) is 13.7. The lowest BCUT2D eigenvalue weighted by atomic mass is 10.1. The van der Waals surface area contributed by atoms with Crippen LogP contribution in [0.1, 0.15) is 31.0 Å². The Morgan fingerprint density at radius 3 is 2.41 bits per heavy atom. The fraction of sp³-hybridized carbons (Fsp3) is 0.286. The lowest BCUT2D eigenvalue weighted by molar-refractivity contribution is -0.136. The molecule has 0 fully saturated rings. The smallest absolute Gasteiger partial charge is 0.417 e. The van der Waals surface area contributed by atoms with E-state index >= 15 is 0 Å². The van der Waals surface area contributed by atoms with Crippen molar-refractivity contribution in [3.8, 4) is 11.6 Å². The zero-order valence-electron chi connectivity index (χ0n) is 15.8. The van der Waals surface area contributed by atoms with Gasteiger partial charge >= 0.3 is 6.18 Å². The van der Waals surface area contributed by atoms with E-state index < -0.39 is 17.8 Å². The number of nitrogens with two attached hydrogens (primary N) is 1. The largest absolute Gasteiger partial charge is 0.490 e. The summed E-state index contributed by atoms with van der Waals surface area (Å²) in [7, 11) is 0. The van der Waals surface area contributed by atoms with Crippen molar-refractivity contribution in [2.75, 3.05) is 6.61 Å². The molecule has 0 aliphatic heterocycles. The maximum atomic E-state index is 13.8. The maximum absolute atomic E-state index is 13.8. The maximum Gasteiger partial charge on any atom is 0.417 e. The summed E-state index contributed by atoms with van der Waals surface area (Å²) in [6.45, 7) is 3.45. The molecule has 0 spiro atoms. The minimum Gasteiger partial charge on any atom is -0.490 e. The summed E-state index contributed by atoms with van der Waals surface area (Å²) in [6, 6.07) is 12.7. The number of pyridine rings is 1. The van der Waals surface area contributed by atoms with E-state index in [1.54, 1.807) is 19.9 Å². The SMILES string of the molecule is CC(C)Oc1cc(C(F)(F)F)c2c(OCC(N)c3ccccc3)c(Br)ccc2n1. The standard InChI is InChI=1S/C21H20BrF3N2O2/c1-12(2)29-18-10-14(21(23,24)25)19-17(27-18)9-8-15(22)20(19)28-11-16(26)13-6-4-3-5-7-13/h3-10,12,16H,11,26H2,1-2H3. The third kappa shape index (κ3) is 5.00. The average Bonchev–Trinajstić information content (AvgIpc) is 2.66. The van der Waals surface area contributed by atoms with Gasteiger partial charge in [-0.05, 0) is 47.5 Å². The van der Waals surface area contributed by atoms with Gasteiger partial charge in [-0.1, -0.05) is 30.3 Å². The highest BCUT2D eigenvalue weighted by atomic mass is 79.9. The van der Waals surface area contributed by atoms with Crippen LogP contribution in [0.4, 0.5) is 13.2 Å². The normalized spacial score (nSPS) is 13.0. The Bertz CT molecular complexity index is 995. The second-order valence-electron chi connectivity index (χ2n) is 6.77. The van der Waals surface area contributed by atoms with Gasteiger partial charge in [0.2, 0.25) is 5.88 Å². The topological polar surface area (TPSA) is 57.4 Å². The molecule has 0 aliphatic carbocycles. The number of hydrogen-bond acceptors (Lipinski definition) is 4. The predicted octanol–water partition coefficient (Wildman–Crippen LogP) is 5.88. The molecule has 4 nitrogen and oxygen atoms in total. The minimum atomic E-state index is -4.61. The molecule has 1 atom stereocenters. The second-order valence-corrected chi connectivity index (χ2v) is 7.63. The highest BCUT2D eigenvalue weighted by Gasteiger charge is 2.36. The molecule has 8 heteroatoms. The fourth-order valence-electron chi connectivity index (χ4n) is 2.88. The van der Waals surface area contributed by atoms with Crippen LogP contribution < -0.4 is 15.2 Å². The van der Waals surface area contributed by atoms with Crippen LogP contribution in [0.5, 0.6) is 11.6 Å². The highest BCUT2D eigenvalue weighted by molar-refractivity contribution is 9.10. The van der Waals surface area contributed by atoms with E-state index in [9.17, 15) is 13.2 Å². The van der Waals surface area contributed by atoms with Crippen LogP contribution >= 0.6 is 15.9 Å². The molecule has 0 radical (unpaired) electrons. The van der Waals surface area contributed by atoms with E-state index in [0.717, 1.165) is 11.6 Å². The number of alkyl halides is 3. The molecule has 2 aromatic carbocycles. The Balaban J connectivity index is 2.05. The van der Waals surface area contributed by atoms with Gasteiger partial charge in [0.05, 0.1) is 33.1 Å². The molecule has 3 aromatic rings. The number of ether oxygens (including phenoxy) is 2. The minimum absolute atomic E-state index is 0.00324. The predicted molar refractivity (Wildman–Crippen MR) is 109 cm³/mol. The molecule has 0 bridgehead atoms. The fourth-order valence-corrected chi connectivity index (χ4v) is 3.33. The summed E-state index contributed by atoms with van der Waals surface area (Å²) in [5, 5.41) is -0.136. The molecular weight excluding hydrogens is 449 g/mol. The molecule has 0 aliphatic rings. The van der Waals surface area contributed by atoms with E-state index in [1.807, 2.05) is 30.3 Å². The zero-order valence-corrected chi connectivity index (χ0v) is 17.4. The zero-order chi connectivity index (χ0) is 21.2. The van der Waals surface area contributed by atoms with Crippen LogP contribution in [0, 0.1) is 0 Å². The van der Waals surface area contributed by atoms with Crippen molar-refractivity contribution in [3.05, 3.63) is 64.1 Å². The van der Waals surface area contributed by atoms with Crippen molar-refractivity contribution in [2.45, 2.75) is 32.2 Å². The third-order valence-electron chi connectivity index (χ3n) is 4.15. The number of nitrogens with zero attached hydrogens (tertiary/aromatic N) is 1. The van der Waals surface area contributed by atoms with Crippen molar-refractivity contribution in [2.24, 2.45) is 5.73 Å². The Labute approximate surface area is 175 Å². The van der Waals surface area contributed by atoms with Crippen molar-refractivity contribution in [1.29, 1.82) is 0 Å². The number of benzene rings is 2. The van der Waals surface area contributed by atoms with Crippen LogP contribution in [0.2, 0.25) is 0 Å². The first-order valence-corrected chi connectivity index (χ1v) is 9.76. The molecular formula is C21H20BrF3N2O2. The molecule has 154 valence electrons. The summed E-state index contributed by atoms with van der Waals surface area (Å²) in [5.41, 5.74) is 6.22. The molecule has 0 amide bonds. The number of rotatable bonds is 6. The summed E-state index contributed by atoms with van der Waals surface area (Å²) < 4.78 is 53.1. The molecule has 0 saturated carbocycles. The Morgan fingerprint density at radius 2 is 1.79 bits per heavy atom. The van der Waals surface area contributed by atoms with E-state index in [-0.39, 0.29) is 35.2 Å². The number of fused-ring (bicyclic) bond motifs is 1. The van der Waals surface area contributed by atoms with E-state index in [1.165, 1.54) is 6.07 Å². The van der Waals surface area contributed by atoms with Crippen molar-refractivity contribution in [3.63, 3.8) is 0 Å². The van der Waals surface area contributed by atoms with Gasteiger partial charge in [-0.3, -0.25) is 0 Å². The van der Waals surface area contributed by atoms with Crippen LogP contribution in [0.3, 0.4) is 0 Å². The van der Waals surface area contributed by atoms with Gasteiger partial charge in [-0.25, -0.2) is 4.98 Å². The molecule has 1 unspecified atom stereocenters. The number of halogens is 4. The van der Waals surface area contributed by atoms with Crippen LogP contribution in [0.15, 0.2) is 53.0 Å². The van der Waals surface area contributed by atoms with Gasteiger partial charge in [-0.2, -0.15) is 13.2 Å². The van der Waals surface area contributed by atoms with Gasteiger partial charge in [0.15, 0.2) is 0 Å². The van der Waals surface area contributed by atoms with Crippen LogP contribution in [-0.2, 0) is 6.18 Å². The van der Waals surface area contributed by atoms with E-state index in [0.29, 0.717) is 4.47 Å². The quantitative estimate of drug-likeness (QED) is 0.490. The van der Waals surface area contributed by atoms with E-state index in [2.05, 4.69) is 20.9 Å². The molecule has 3 rings (SSSR count). The van der Waals surface area contributed by atoms with Crippen LogP contribution in [-0.4, -0.2) is 17.7 Å². The number of hydrogen-bond donors (Lipinski definition) is 1. The summed E-state index contributed by atoms with van der Waals surface area (Å²) >= 11 is 3.29. The highest BCUT2D eigenvalue weighted by Crippen LogP contribution is 2.43. The summed E-state index contributed by atoms with van der Waals surface area (Å²) in [4.78, 5) is 4.22. The number of aromatic nitrogens is 1. The van der Waals surface area contributed by atoms with Crippen molar-refractivity contribution >= 4 is 26.8 Å². The summed E-state index contributed by atoms with van der Waals surface area (Å²) in [6.07, 6.45) is -4.92. The third-order valence-corrected chi connectivity index (χ3v) is 4.78. The van der Waals surface area contributed by atoms with Crippen molar-refractivity contribution in [1.82, 2.24) is 4.98 Å². The molecule has 1 heterocycles. The lowest BCUT2D eigenvalue weighted by Gasteiger charge is -2.19. The monoisotopic (exact) mass is 468 g/mol. The molecule has 29 heavy (non-hydrogen) atoms. The Morgan fingerprint density at radius 1 is 1.10 bits per heavy atom. The molecule has 2 N–H and O–H groups in total. The average molecular weight is 469 g/mol. The van der Waals surface area contributed by atoms with Crippen molar-refractivity contribution < 1.29 is 22.6 Å². The van der Waals surface area contributed by atoms with Crippen LogP contribution in [0.25, 0.3) is 10.9 Å². The molecule has 1 aromatic heterocycles. The lowest BCUT2D eigenvalue weighted by Crippen LogP contribution is -2.19. The first-order valence-electron chi connectivity index (χ1n) is 8.97. The second kappa shape index (κ2) is 8.59. The molecule has 0 saturated heterocycles. The van der Waals surface area contributed by atoms with Gasteiger partial charge in [0.25, 0.3) is 0 Å². The van der Waals surface area contributed by atoms with Gasteiger partial charge < -0.3 is 15.2 Å². The Kier molecular flexibility index (Phi) is 6.33.